The Morgan fingerprint density at radius 1 is 1.43 bits per heavy atom. The Morgan fingerprint density at radius 3 is 2.57 bits per heavy atom. The third-order valence-corrected chi connectivity index (χ3v) is 2.00. The molecule has 5 heteroatoms. The van der Waals surface area contributed by atoms with Crippen molar-refractivity contribution in [1.82, 2.24) is 0 Å². The predicted molar refractivity (Wildman–Crippen MR) is 48.9 cm³/mol. The molecule has 0 aliphatic heterocycles. The molecule has 0 amide bonds. The van der Waals surface area contributed by atoms with E-state index >= 15 is 0 Å². The minimum absolute atomic E-state index is 0.0185. The first-order valence-corrected chi connectivity index (χ1v) is 3.94. The van der Waals surface area contributed by atoms with Gasteiger partial charge in [0.25, 0.3) is 5.09 Å². The molecule has 0 aliphatic carbocycles. The van der Waals surface area contributed by atoms with E-state index in [1.807, 2.05) is 0 Å². The van der Waals surface area contributed by atoms with Crippen LogP contribution in [-0.4, -0.2) is 11.4 Å². The van der Waals surface area contributed by atoms with Crippen LogP contribution < -0.4 is 4.84 Å². The first-order valence-electron chi connectivity index (χ1n) is 3.94. The molecule has 0 aliphatic rings. The highest BCUT2D eigenvalue weighted by molar-refractivity contribution is 5.80. The zero-order valence-electron chi connectivity index (χ0n) is 7.81. The van der Waals surface area contributed by atoms with E-state index in [9.17, 15) is 14.9 Å². The molecule has 0 unspecified atom stereocenters. The SMILES string of the molecule is Cc1ccc(C=O)c(O[N+](=O)[O-])c1C. The number of aryl methyl sites for hydroxylation is 1. The second kappa shape index (κ2) is 3.87. The lowest BCUT2D eigenvalue weighted by molar-refractivity contribution is -0.711. The predicted octanol–water partition coefficient (Wildman–Crippen LogP) is 1.69. The Hall–Kier alpha value is -1.91. The molecule has 74 valence electrons. The molecule has 1 aromatic rings. The average molecular weight is 195 g/mol. The summed E-state index contributed by atoms with van der Waals surface area (Å²) in [6.07, 6.45) is 0.533. The maximum atomic E-state index is 10.6. The van der Waals surface area contributed by atoms with Crippen LogP contribution in [0.15, 0.2) is 12.1 Å². The van der Waals surface area contributed by atoms with Gasteiger partial charge in [0.2, 0.25) is 0 Å². The number of hydrogen-bond donors (Lipinski definition) is 0. The van der Waals surface area contributed by atoms with Crippen molar-refractivity contribution in [2.45, 2.75) is 13.8 Å². The molecule has 0 atom stereocenters. The van der Waals surface area contributed by atoms with Gasteiger partial charge in [-0.05, 0) is 31.0 Å². The standard InChI is InChI=1S/C9H9NO4/c1-6-3-4-8(5-11)9(7(6)2)14-10(12)13/h3-5H,1-2H3. The fourth-order valence-electron chi connectivity index (χ4n) is 1.10. The van der Waals surface area contributed by atoms with Crippen LogP contribution >= 0.6 is 0 Å². The van der Waals surface area contributed by atoms with Crippen LogP contribution in [-0.2, 0) is 0 Å². The van der Waals surface area contributed by atoms with E-state index in [-0.39, 0.29) is 11.3 Å². The molecule has 0 saturated carbocycles. The lowest BCUT2D eigenvalue weighted by Gasteiger charge is -2.08. The average Bonchev–Trinajstić information content (AvgIpc) is 2.13. The van der Waals surface area contributed by atoms with Crippen molar-refractivity contribution in [2.75, 3.05) is 0 Å². The number of hydrogen-bond acceptors (Lipinski definition) is 4. The Labute approximate surface area is 80.4 Å². The van der Waals surface area contributed by atoms with E-state index < -0.39 is 5.09 Å². The van der Waals surface area contributed by atoms with E-state index in [0.717, 1.165) is 5.56 Å². The summed E-state index contributed by atoms with van der Waals surface area (Å²) >= 11 is 0. The maximum Gasteiger partial charge on any atom is 0.299 e. The Morgan fingerprint density at radius 2 is 2.07 bits per heavy atom. The fraction of sp³-hybridized carbons (Fsp3) is 0.222. The van der Waals surface area contributed by atoms with E-state index in [1.54, 1.807) is 19.9 Å². The number of carbonyl (C=O) groups is 1. The summed E-state index contributed by atoms with van der Waals surface area (Å²) in [7, 11) is 0. The van der Waals surface area contributed by atoms with Gasteiger partial charge in [-0.2, -0.15) is 0 Å². The first-order chi connectivity index (χ1) is 6.56. The monoisotopic (exact) mass is 195 g/mol. The number of carbonyl (C=O) groups excluding carboxylic acids is 1. The van der Waals surface area contributed by atoms with Crippen molar-refractivity contribution in [1.29, 1.82) is 0 Å². The number of nitrogens with zero attached hydrogens (tertiary/aromatic N) is 1. The van der Waals surface area contributed by atoms with Crippen molar-refractivity contribution in [3.05, 3.63) is 38.9 Å². The van der Waals surface area contributed by atoms with Crippen LogP contribution in [0.4, 0.5) is 0 Å². The lowest BCUT2D eigenvalue weighted by Crippen LogP contribution is -2.07. The highest BCUT2D eigenvalue weighted by Crippen LogP contribution is 2.25. The molecule has 0 fully saturated rings. The van der Waals surface area contributed by atoms with Crippen LogP contribution in [0.5, 0.6) is 5.75 Å². The number of rotatable bonds is 3. The Bertz CT molecular complexity index is 387. The normalized spacial score (nSPS) is 9.57. The van der Waals surface area contributed by atoms with Crippen molar-refractivity contribution in [2.24, 2.45) is 0 Å². The molecular weight excluding hydrogens is 186 g/mol. The van der Waals surface area contributed by atoms with Gasteiger partial charge in [-0.3, -0.25) is 9.63 Å². The summed E-state index contributed by atoms with van der Waals surface area (Å²) in [4.78, 5) is 25.1. The molecule has 0 N–H and O–H groups in total. The molecule has 1 rings (SSSR count). The van der Waals surface area contributed by atoms with Crippen molar-refractivity contribution in [3.8, 4) is 5.75 Å². The summed E-state index contributed by atoms with van der Waals surface area (Å²) in [5.41, 5.74) is 1.63. The highest BCUT2D eigenvalue weighted by atomic mass is 17.0. The minimum Gasteiger partial charge on any atom is -0.298 e. The van der Waals surface area contributed by atoms with Crippen LogP contribution in [0.2, 0.25) is 0 Å². The molecule has 0 aromatic heterocycles. The molecule has 0 bridgehead atoms. The third kappa shape index (κ3) is 1.87. The molecule has 5 nitrogen and oxygen atoms in total. The van der Waals surface area contributed by atoms with Crippen LogP contribution in [0.25, 0.3) is 0 Å². The zero-order valence-corrected chi connectivity index (χ0v) is 7.81. The molecule has 14 heavy (non-hydrogen) atoms. The highest BCUT2D eigenvalue weighted by Gasteiger charge is 2.11. The molecular formula is C9H9NO4. The second-order valence-corrected chi connectivity index (χ2v) is 2.86. The van der Waals surface area contributed by atoms with Crippen LogP contribution in [0.3, 0.4) is 0 Å². The van der Waals surface area contributed by atoms with Gasteiger partial charge in [0.05, 0.1) is 0 Å². The minimum atomic E-state index is -0.922. The summed E-state index contributed by atoms with van der Waals surface area (Å²) in [5, 5.41) is 9.25. The van der Waals surface area contributed by atoms with Gasteiger partial charge in [0.1, 0.15) is 5.75 Å². The smallest absolute Gasteiger partial charge is 0.298 e. The number of benzene rings is 1. The topological polar surface area (TPSA) is 69.4 Å². The quantitative estimate of drug-likeness (QED) is 0.418. The third-order valence-electron chi connectivity index (χ3n) is 2.00. The van der Waals surface area contributed by atoms with E-state index in [4.69, 9.17) is 0 Å². The largest absolute Gasteiger partial charge is 0.299 e. The van der Waals surface area contributed by atoms with E-state index in [2.05, 4.69) is 4.84 Å². The maximum absolute atomic E-state index is 10.6. The van der Waals surface area contributed by atoms with Crippen molar-refractivity contribution >= 4 is 6.29 Å². The second-order valence-electron chi connectivity index (χ2n) is 2.86. The van der Waals surface area contributed by atoms with Gasteiger partial charge in [-0.15, -0.1) is 10.1 Å². The summed E-state index contributed by atoms with van der Waals surface area (Å²) in [5.74, 6) is 0.0185. The first kappa shape index (κ1) is 10.2. The molecule has 1 aromatic carbocycles. The van der Waals surface area contributed by atoms with Crippen LogP contribution in [0.1, 0.15) is 21.5 Å². The lowest BCUT2D eigenvalue weighted by atomic mass is 10.1. The zero-order chi connectivity index (χ0) is 10.7. The Kier molecular flexibility index (Phi) is 2.81. The summed E-state index contributed by atoms with van der Waals surface area (Å²) < 4.78 is 0. The van der Waals surface area contributed by atoms with Gasteiger partial charge >= 0.3 is 0 Å². The van der Waals surface area contributed by atoms with E-state index in [0.29, 0.717) is 11.8 Å². The molecule has 0 radical (unpaired) electrons. The van der Waals surface area contributed by atoms with Gasteiger partial charge in [0.15, 0.2) is 6.29 Å². The van der Waals surface area contributed by atoms with Gasteiger partial charge in [0, 0.05) is 5.56 Å². The van der Waals surface area contributed by atoms with Gasteiger partial charge in [-0.25, -0.2) is 0 Å². The Balaban J connectivity index is 3.27. The molecule has 0 saturated heterocycles. The number of aldehydes is 1. The van der Waals surface area contributed by atoms with Gasteiger partial charge < -0.3 is 0 Å². The summed E-state index contributed by atoms with van der Waals surface area (Å²) in [6, 6.07) is 3.21. The summed E-state index contributed by atoms with van der Waals surface area (Å²) in [6.45, 7) is 3.46. The fourth-order valence-corrected chi connectivity index (χ4v) is 1.10. The van der Waals surface area contributed by atoms with Gasteiger partial charge in [-0.1, -0.05) is 6.07 Å². The van der Waals surface area contributed by atoms with Crippen molar-refractivity contribution in [3.63, 3.8) is 0 Å². The molecule has 0 spiro atoms. The van der Waals surface area contributed by atoms with E-state index in [1.165, 1.54) is 6.07 Å². The van der Waals surface area contributed by atoms with Crippen molar-refractivity contribution < 1.29 is 14.7 Å². The molecule has 0 heterocycles. The van der Waals surface area contributed by atoms with Crippen LogP contribution in [0, 0.1) is 24.0 Å².